The summed E-state index contributed by atoms with van der Waals surface area (Å²) in [6, 6.07) is 0. The number of esters is 4. The highest BCUT2D eigenvalue weighted by Gasteiger charge is 2.30. The van der Waals surface area contributed by atoms with Crippen LogP contribution in [0.15, 0.2) is 0 Å². The maximum atomic E-state index is 12.9. The zero-order valence-corrected chi connectivity index (χ0v) is 50.0. The van der Waals surface area contributed by atoms with Crippen LogP contribution in [0, 0.1) is 0 Å². The average molecular weight is 1130 g/mol. The molecule has 0 aromatic rings. The number of ether oxygens (including phenoxy) is 4. The summed E-state index contributed by atoms with van der Waals surface area (Å²) in [7, 11) is -9.86. The summed E-state index contributed by atoms with van der Waals surface area (Å²) in [4.78, 5) is 71.6. The monoisotopic (exact) mass is 1130 g/mol. The van der Waals surface area contributed by atoms with Gasteiger partial charge < -0.3 is 33.8 Å². The second kappa shape index (κ2) is 52.4. The number of phosphoric acid groups is 2. The largest absolute Gasteiger partial charge is 0.472 e. The second-order valence-electron chi connectivity index (χ2n) is 20.7. The Labute approximate surface area is 460 Å². The fraction of sp³-hybridized carbons (Fsp3) is 0.930. The molecule has 0 fully saturated rings. The summed E-state index contributed by atoms with van der Waals surface area (Å²) >= 11 is 0. The number of hydrogen-bond donors (Lipinski definition) is 3. The van der Waals surface area contributed by atoms with Gasteiger partial charge in [-0.05, 0) is 25.7 Å². The molecule has 19 heteroatoms. The third-order valence-electron chi connectivity index (χ3n) is 13.1. The van der Waals surface area contributed by atoms with Crippen LogP contribution in [-0.4, -0.2) is 96.7 Å². The van der Waals surface area contributed by atoms with E-state index in [0.717, 1.165) is 109 Å². The molecule has 76 heavy (non-hydrogen) atoms. The normalized spacial score (nSPS) is 14.4. The average Bonchev–Trinajstić information content (AvgIpc) is 3.39. The summed E-state index contributed by atoms with van der Waals surface area (Å²) < 4.78 is 67.5. The van der Waals surface area contributed by atoms with Crippen molar-refractivity contribution in [3.8, 4) is 0 Å². The molecule has 0 amide bonds. The Balaban J connectivity index is 5.16. The molecule has 5 atom stereocenters. The van der Waals surface area contributed by atoms with Crippen molar-refractivity contribution in [2.45, 2.75) is 303 Å². The van der Waals surface area contributed by atoms with E-state index in [9.17, 15) is 43.2 Å². The fourth-order valence-electron chi connectivity index (χ4n) is 8.40. The van der Waals surface area contributed by atoms with Crippen molar-refractivity contribution in [2.24, 2.45) is 0 Å². The zero-order valence-electron chi connectivity index (χ0n) is 48.2. The second-order valence-corrected chi connectivity index (χ2v) is 23.6. The van der Waals surface area contributed by atoms with Gasteiger partial charge in [-0.2, -0.15) is 0 Å². The van der Waals surface area contributed by atoms with Crippen molar-refractivity contribution in [3.05, 3.63) is 0 Å². The van der Waals surface area contributed by atoms with Gasteiger partial charge in [0.05, 0.1) is 26.4 Å². The summed E-state index contributed by atoms with van der Waals surface area (Å²) in [6.45, 7) is 4.74. The van der Waals surface area contributed by atoms with Gasteiger partial charge in [0.25, 0.3) is 0 Å². The van der Waals surface area contributed by atoms with Crippen molar-refractivity contribution in [3.63, 3.8) is 0 Å². The van der Waals surface area contributed by atoms with Gasteiger partial charge in [0.1, 0.15) is 19.3 Å². The highest BCUT2D eigenvalue weighted by Crippen LogP contribution is 2.45. The Morgan fingerprint density at radius 2 is 0.526 bits per heavy atom. The van der Waals surface area contributed by atoms with E-state index in [1.54, 1.807) is 0 Å². The molecule has 0 aromatic heterocycles. The first-order valence-electron chi connectivity index (χ1n) is 30.3. The van der Waals surface area contributed by atoms with Crippen LogP contribution in [0.1, 0.15) is 285 Å². The van der Waals surface area contributed by atoms with Crippen LogP contribution in [0.25, 0.3) is 0 Å². The third kappa shape index (κ3) is 51.5. The summed E-state index contributed by atoms with van der Waals surface area (Å²) in [5, 5.41) is 10.5. The fourth-order valence-corrected chi connectivity index (χ4v) is 9.98. The number of aliphatic hydroxyl groups is 1. The van der Waals surface area contributed by atoms with Crippen molar-refractivity contribution < 1.29 is 80.2 Å². The first-order chi connectivity index (χ1) is 36.7. The van der Waals surface area contributed by atoms with Crippen LogP contribution in [-0.2, 0) is 65.4 Å². The minimum Gasteiger partial charge on any atom is -0.462 e. The molecule has 0 bridgehead atoms. The van der Waals surface area contributed by atoms with Crippen LogP contribution < -0.4 is 0 Å². The van der Waals surface area contributed by atoms with Gasteiger partial charge in [0, 0.05) is 25.7 Å². The summed E-state index contributed by atoms with van der Waals surface area (Å²) in [5.41, 5.74) is 0. The Bertz CT molecular complexity index is 1490. The minimum absolute atomic E-state index is 0.104. The van der Waals surface area contributed by atoms with Gasteiger partial charge in [0.15, 0.2) is 12.2 Å². The van der Waals surface area contributed by atoms with E-state index in [4.69, 9.17) is 37.0 Å². The van der Waals surface area contributed by atoms with Gasteiger partial charge in [-0.15, -0.1) is 0 Å². The number of hydrogen-bond acceptors (Lipinski definition) is 15. The van der Waals surface area contributed by atoms with Crippen molar-refractivity contribution in [2.75, 3.05) is 39.6 Å². The number of aliphatic hydroxyl groups excluding tert-OH is 1. The molecule has 17 nitrogen and oxygen atoms in total. The van der Waals surface area contributed by atoms with E-state index in [1.165, 1.54) is 96.3 Å². The smallest absolute Gasteiger partial charge is 0.462 e. The Hall–Kier alpha value is -1.94. The van der Waals surface area contributed by atoms with E-state index in [0.29, 0.717) is 25.7 Å². The van der Waals surface area contributed by atoms with Crippen molar-refractivity contribution in [1.82, 2.24) is 0 Å². The van der Waals surface area contributed by atoms with Gasteiger partial charge in [-0.25, -0.2) is 9.13 Å². The first-order valence-corrected chi connectivity index (χ1v) is 33.3. The van der Waals surface area contributed by atoms with E-state index < -0.39 is 97.5 Å². The van der Waals surface area contributed by atoms with Gasteiger partial charge in [-0.1, -0.05) is 233 Å². The quantitative estimate of drug-likeness (QED) is 0.0222. The van der Waals surface area contributed by atoms with Crippen LogP contribution in [0.2, 0.25) is 0 Å². The van der Waals surface area contributed by atoms with Crippen LogP contribution >= 0.6 is 15.6 Å². The molecule has 0 saturated heterocycles. The maximum absolute atomic E-state index is 12.9. The minimum atomic E-state index is -4.93. The zero-order chi connectivity index (χ0) is 56.2. The molecule has 0 aliphatic heterocycles. The van der Waals surface area contributed by atoms with E-state index in [1.807, 2.05) is 0 Å². The van der Waals surface area contributed by atoms with Gasteiger partial charge >= 0.3 is 39.5 Å². The van der Waals surface area contributed by atoms with Crippen LogP contribution in [0.3, 0.4) is 0 Å². The SMILES string of the molecule is CCCCCCCCCCCCCCCC(=O)OC[C@H](COP(=O)(O)OC[C@H](O)COP(=O)(O)OC[C@@H](COC(=O)CCCCCCCC)OC(=O)CCCCCCCCCC)OC(=O)CCCCCCCCCCC. The van der Waals surface area contributed by atoms with Crippen LogP contribution in [0.5, 0.6) is 0 Å². The lowest BCUT2D eigenvalue weighted by atomic mass is 10.0. The van der Waals surface area contributed by atoms with E-state index in [-0.39, 0.29) is 25.7 Å². The summed E-state index contributed by atoms with van der Waals surface area (Å²) in [5.74, 6) is -2.15. The maximum Gasteiger partial charge on any atom is 0.472 e. The molecular weight excluding hydrogens is 1020 g/mol. The predicted molar refractivity (Wildman–Crippen MR) is 299 cm³/mol. The van der Waals surface area contributed by atoms with E-state index >= 15 is 0 Å². The Morgan fingerprint density at radius 3 is 0.776 bits per heavy atom. The highest BCUT2D eigenvalue weighted by molar-refractivity contribution is 7.47. The lowest BCUT2D eigenvalue weighted by Crippen LogP contribution is -2.30. The first kappa shape index (κ1) is 74.1. The predicted octanol–water partition coefficient (Wildman–Crippen LogP) is 15.2. The molecule has 3 N–H and O–H groups in total. The lowest BCUT2D eigenvalue weighted by molar-refractivity contribution is -0.161. The summed E-state index contributed by atoms with van der Waals surface area (Å²) in [6.07, 6.45) is 35.1. The number of phosphoric ester groups is 2. The van der Waals surface area contributed by atoms with Gasteiger partial charge in [0.2, 0.25) is 0 Å². The standard InChI is InChI=1S/C57H110O17P2/c1-5-9-13-17-21-24-25-26-27-29-31-34-38-42-55(60)68-48-53(74-57(62)44-40-36-32-28-22-18-14-10-6-2)50-72-76(65,66)70-46-51(58)45-69-75(63,64)71-49-52(47-67-54(59)41-37-33-20-16-12-8-4)73-56(61)43-39-35-30-23-19-15-11-7-3/h51-53,58H,5-50H2,1-4H3,(H,63,64)(H,65,66)/t51-,52-,53-/m1/s1. The number of rotatable bonds is 58. The molecule has 450 valence electrons. The Kier molecular flexibility index (Phi) is 51.1. The number of carbonyl (C=O) groups excluding carboxylic acids is 4. The molecule has 0 aromatic carbocycles. The van der Waals surface area contributed by atoms with Crippen molar-refractivity contribution >= 4 is 39.5 Å². The highest BCUT2D eigenvalue weighted by atomic mass is 31.2. The lowest BCUT2D eigenvalue weighted by Gasteiger charge is -2.21. The van der Waals surface area contributed by atoms with Crippen molar-refractivity contribution in [1.29, 1.82) is 0 Å². The molecule has 0 aliphatic rings. The molecule has 0 radical (unpaired) electrons. The molecule has 0 saturated carbocycles. The molecule has 0 heterocycles. The van der Waals surface area contributed by atoms with E-state index in [2.05, 4.69) is 27.7 Å². The molecular formula is C57H110O17P2. The molecule has 0 rings (SSSR count). The van der Waals surface area contributed by atoms with Crippen LogP contribution in [0.4, 0.5) is 0 Å². The topological polar surface area (TPSA) is 237 Å². The Morgan fingerprint density at radius 1 is 0.316 bits per heavy atom. The molecule has 0 aliphatic carbocycles. The third-order valence-corrected chi connectivity index (χ3v) is 15.0. The molecule has 2 unspecified atom stereocenters. The number of unbranched alkanes of at least 4 members (excludes halogenated alkanes) is 32. The molecule has 0 spiro atoms. The van der Waals surface area contributed by atoms with Gasteiger partial charge in [-0.3, -0.25) is 37.3 Å². The number of carbonyl (C=O) groups is 4.